The van der Waals surface area contributed by atoms with E-state index < -0.39 is 11.6 Å². The summed E-state index contributed by atoms with van der Waals surface area (Å²) >= 11 is 3.01. The zero-order valence-corrected chi connectivity index (χ0v) is 8.74. The predicted molar refractivity (Wildman–Crippen MR) is 53.4 cm³/mol. The first kappa shape index (κ1) is 10.4. The average molecular weight is 247 g/mol. The van der Waals surface area contributed by atoms with E-state index in [-0.39, 0.29) is 5.56 Å². The summed E-state index contributed by atoms with van der Waals surface area (Å²) in [7, 11) is 0. The van der Waals surface area contributed by atoms with E-state index in [4.69, 9.17) is 0 Å². The van der Waals surface area contributed by atoms with Crippen LogP contribution in [-0.2, 0) is 0 Å². The molecule has 3 heteroatoms. The van der Waals surface area contributed by atoms with Gasteiger partial charge in [0.15, 0.2) is 0 Å². The van der Waals surface area contributed by atoms with Gasteiger partial charge >= 0.3 is 0 Å². The molecule has 1 aromatic carbocycles. The van der Waals surface area contributed by atoms with Gasteiger partial charge in [-0.1, -0.05) is 35.0 Å². The van der Waals surface area contributed by atoms with Gasteiger partial charge in [-0.3, -0.25) is 0 Å². The van der Waals surface area contributed by atoms with Gasteiger partial charge in [-0.25, -0.2) is 8.78 Å². The van der Waals surface area contributed by atoms with Gasteiger partial charge in [-0.15, -0.1) is 0 Å². The van der Waals surface area contributed by atoms with Crippen LogP contribution in [0.5, 0.6) is 0 Å². The molecule has 70 valence electrons. The lowest BCUT2D eigenvalue weighted by molar-refractivity contribution is 0.577. The topological polar surface area (TPSA) is 0 Å². The summed E-state index contributed by atoms with van der Waals surface area (Å²) in [6.45, 7) is 1.91. The minimum atomic E-state index is -0.545. The third-order valence-electron chi connectivity index (χ3n) is 1.56. The third kappa shape index (κ3) is 2.62. The van der Waals surface area contributed by atoms with Gasteiger partial charge in [-0.2, -0.15) is 0 Å². The van der Waals surface area contributed by atoms with Crippen LogP contribution in [0.3, 0.4) is 0 Å². The van der Waals surface area contributed by atoms with Crippen LogP contribution in [0.15, 0.2) is 22.7 Å². The first-order valence-electron chi connectivity index (χ1n) is 3.96. The Kier molecular flexibility index (Phi) is 3.60. The van der Waals surface area contributed by atoms with Crippen LogP contribution in [0, 0.1) is 11.6 Å². The lowest BCUT2D eigenvalue weighted by atomic mass is 10.2. The van der Waals surface area contributed by atoms with Crippen LogP contribution >= 0.6 is 15.9 Å². The molecule has 0 heterocycles. The van der Waals surface area contributed by atoms with Crippen LogP contribution in [0.4, 0.5) is 8.78 Å². The average Bonchev–Trinajstić information content (AvgIpc) is 2.02. The fourth-order valence-electron chi connectivity index (χ4n) is 0.948. The van der Waals surface area contributed by atoms with Crippen molar-refractivity contribution >= 4 is 22.0 Å². The normalized spacial score (nSPS) is 11.1. The third-order valence-corrected chi connectivity index (χ3v) is 2.02. The second-order valence-corrected chi connectivity index (χ2v) is 3.51. The number of allylic oxidation sites excluding steroid dienone is 1. The molecule has 0 nitrogen and oxygen atoms in total. The van der Waals surface area contributed by atoms with E-state index in [1.807, 2.05) is 6.92 Å². The zero-order chi connectivity index (χ0) is 9.84. The minimum absolute atomic E-state index is 0.0186. The van der Waals surface area contributed by atoms with Gasteiger partial charge in [0.25, 0.3) is 0 Å². The number of rotatable bonds is 2. The van der Waals surface area contributed by atoms with Crippen molar-refractivity contribution in [2.75, 3.05) is 0 Å². The standard InChI is InChI=1S/C10H9BrF2/c1-2-3-4-8-9(12)5-7(11)6-10(8)13/h3-6H,2H2,1H3/b4-3+. The molecule has 0 N–H and O–H groups in total. The van der Waals surface area contributed by atoms with Crippen molar-refractivity contribution in [3.63, 3.8) is 0 Å². The number of hydrogen-bond donors (Lipinski definition) is 0. The molecule has 0 fully saturated rings. The summed E-state index contributed by atoms with van der Waals surface area (Å²) in [5, 5.41) is 0. The summed E-state index contributed by atoms with van der Waals surface area (Å²) in [6, 6.07) is 2.50. The molecule has 0 aromatic heterocycles. The van der Waals surface area contributed by atoms with Crippen LogP contribution in [0.2, 0.25) is 0 Å². The first-order chi connectivity index (χ1) is 6.15. The van der Waals surface area contributed by atoms with E-state index >= 15 is 0 Å². The monoisotopic (exact) mass is 246 g/mol. The maximum atomic E-state index is 13.1. The van der Waals surface area contributed by atoms with E-state index in [0.717, 1.165) is 6.42 Å². The van der Waals surface area contributed by atoms with E-state index in [2.05, 4.69) is 15.9 Å². The highest BCUT2D eigenvalue weighted by Crippen LogP contribution is 2.20. The Labute approximate surface area is 84.4 Å². The van der Waals surface area contributed by atoms with E-state index in [1.54, 1.807) is 6.08 Å². The summed E-state index contributed by atoms with van der Waals surface area (Å²) in [5.74, 6) is -1.09. The van der Waals surface area contributed by atoms with E-state index in [0.29, 0.717) is 4.47 Å². The molecule has 0 bridgehead atoms. The molecular weight excluding hydrogens is 238 g/mol. The molecule has 0 aliphatic heterocycles. The van der Waals surface area contributed by atoms with Gasteiger partial charge in [0.2, 0.25) is 0 Å². The fraction of sp³-hybridized carbons (Fsp3) is 0.200. The fourth-order valence-corrected chi connectivity index (χ4v) is 1.35. The van der Waals surface area contributed by atoms with Gasteiger partial charge < -0.3 is 0 Å². The van der Waals surface area contributed by atoms with E-state index in [1.165, 1.54) is 18.2 Å². The second kappa shape index (κ2) is 4.51. The van der Waals surface area contributed by atoms with Crippen molar-refractivity contribution in [2.45, 2.75) is 13.3 Å². The highest BCUT2D eigenvalue weighted by Gasteiger charge is 2.06. The molecule has 0 unspecified atom stereocenters. The molecule has 0 spiro atoms. The lowest BCUT2D eigenvalue weighted by Gasteiger charge is -1.99. The zero-order valence-electron chi connectivity index (χ0n) is 7.15. The Morgan fingerprint density at radius 3 is 2.31 bits per heavy atom. The Balaban J connectivity index is 3.13. The molecule has 0 atom stereocenters. The number of benzene rings is 1. The molecule has 1 aromatic rings. The van der Waals surface area contributed by atoms with E-state index in [9.17, 15) is 8.78 Å². The Bertz CT molecular complexity index is 309. The highest BCUT2D eigenvalue weighted by molar-refractivity contribution is 9.10. The maximum Gasteiger partial charge on any atom is 0.134 e. The van der Waals surface area contributed by atoms with Crippen molar-refractivity contribution in [3.8, 4) is 0 Å². The molecular formula is C10H9BrF2. The number of hydrogen-bond acceptors (Lipinski definition) is 0. The summed E-state index contributed by atoms with van der Waals surface area (Å²) in [5.41, 5.74) is 0.0186. The maximum absolute atomic E-state index is 13.1. The molecule has 0 aliphatic rings. The van der Waals surface area contributed by atoms with Crippen LogP contribution < -0.4 is 0 Å². The van der Waals surface area contributed by atoms with Crippen molar-refractivity contribution in [3.05, 3.63) is 39.9 Å². The summed E-state index contributed by atoms with van der Waals surface area (Å²) in [6.07, 6.45) is 3.93. The van der Waals surface area contributed by atoms with Crippen LogP contribution in [-0.4, -0.2) is 0 Å². The first-order valence-corrected chi connectivity index (χ1v) is 4.75. The van der Waals surface area contributed by atoms with Crippen molar-refractivity contribution in [1.82, 2.24) is 0 Å². The second-order valence-electron chi connectivity index (χ2n) is 2.59. The quantitative estimate of drug-likeness (QED) is 0.736. The van der Waals surface area contributed by atoms with Crippen molar-refractivity contribution < 1.29 is 8.78 Å². The predicted octanol–water partition coefficient (Wildman–Crippen LogP) is 4.15. The largest absolute Gasteiger partial charge is 0.206 e. The summed E-state index contributed by atoms with van der Waals surface area (Å²) < 4.78 is 26.6. The smallest absolute Gasteiger partial charge is 0.134 e. The Hall–Kier alpha value is -0.700. The Morgan fingerprint density at radius 2 is 1.85 bits per heavy atom. The molecule has 0 saturated heterocycles. The molecule has 0 amide bonds. The SMILES string of the molecule is CC/C=C/c1c(F)cc(Br)cc1F. The molecule has 0 saturated carbocycles. The van der Waals surface area contributed by atoms with Gasteiger partial charge in [0, 0.05) is 10.0 Å². The van der Waals surface area contributed by atoms with Gasteiger partial charge in [0.05, 0.1) is 0 Å². The lowest BCUT2D eigenvalue weighted by Crippen LogP contribution is -1.88. The van der Waals surface area contributed by atoms with Crippen molar-refractivity contribution in [1.29, 1.82) is 0 Å². The van der Waals surface area contributed by atoms with Gasteiger partial charge in [-0.05, 0) is 18.6 Å². The van der Waals surface area contributed by atoms with Crippen molar-refractivity contribution in [2.24, 2.45) is 0 Å². The molecule has 0 radical (unpaired) electrons. The Morgan fingerprint density at radius 1 is 1.31 bits per heavy atom. The molecule has 0 aliphatic carbocycles. The van der Waals surface area contributed by atoms with Gasteiger partial charge in [0.1, 0.15) is 11.6 Å². The molecule has 13 heavy (non-hydrogen) atoms. The summed E-state index contributed by atoms with van der Waals surface area (Å²) in [4.78, 5) is 0. The van der Waals surface area contributed by atoms with Crippen LogP contribution in [0.1, 0.15) is 18.9 Å². The molecule has 1 rings (SSSR count). The van der Waals surface area contributed by atoms with Crippen LogP contribution in [0.25, 0.3) is 6.08 Å². The highest BCUT2D eigenvalue weighted by atomic mass is 79.9. The number of halogens is 3. The minimum Gasteiger partial charge on any atom is -0.206 e.